The van der Waals surface area contributed by atoms with Crippen molar-refractivity contribution in [2.24, 2.45) is 0 Å². The molecule has 0 aliphatic carbocycles. The molecule has 1 aromatic heterocycles. The van der Waals surface area contributed by atoms with Crippen molar-refractivity contribution in [2.75, 3.05) is 0 Å². The van der Waals surface area contributed by atoms with Crippen LogP contribution in [-0.2, 0) is 6.42 Å². The van der Waals surface area contributed by atoms with Crippen LogP contribution >= 0.6 is 0 Å². The Morgan fingerprint density at radius 2 is 2.31 bits per heavy atom. The summed E-state index contributed by atoms with van der Waals surface area (Å²) in [5, 5.41) is 0. The molecule has 0 bridgehead atoms. The van der Waals surface area contributed by atoms with Crippen LogP contribution in [0.4, 0.5) is 0 Å². The zero-order valence-corrected chi connectivity index (χ0v) is 8.00. The molecule has 1 rings (SSSR count). The number of carbonyl (C=O) groups is 1. The van der Waals surface area contributed by atoms with Gasteiger partial charge in [-0.2, -0.15) is 0 Å². The molecule has 0 saturated heterocycles. The van der Waals surface area contributed by atoms with Crippen LogP contribution in [-0.4, -0.2) is 10.8 Å². The van der Waals surface area contributed by atoms with Crippen LogP contribution in [0.5, 0.6) is 0 Å². The Bertz CT molecular complexity index is 342. The standard InChI is InChI=1S/C11H13NO/c1-4-10-9(11(13)5-2)7-6-8(3)12-10/h5-7H,2,4H2,1,3H3. The molecule has 0 spiro atoms. The number of pyridine rings is 1. The fourth-order valence-corrected chi connectivity index (χ4v) is 1.21. The van der Waals surface area contributed by atoms with Crippen molar-refractivity contribution < 1.29 is 4.79 Å². The van der Waals surface area contributed by atoms with Gasteiger partial charge in [0, 0.05) is 11.3 Å². The van der Waals surface area contributed by atoms with E-state index in [9.17, 15) is 4.79 Å². The van der Waals surface area contributed by atoms with Gasteiger partial charge >= 0.3 is 0 Å². The van der Waals surface area contributed by atoms with Crippen LogP contribution in [0.2, 0.25) is 0 Å². The second-order valence-electron chi connectivity index (χ2n) is 2.87. The molecule has 2 heteroatoms. The summed E-state index contributed by atoms with van der Waals surface area (Å²) < 4.78 is 0. The molecule has 13 heavy (non-hydrogen) atoms. The zero-order chi connectivity index (χ0) is 9.84. The number of aryl methyl sites for hydroxylation is 2. The summed E-state index contributed by atoms with van der Waals surface area (Å²) in [6, 6.07) is 3.65. The summed E-state index contributed by atoms with van der Waals surface area (Å²) in [5.41, 5.74) is 2.46. The Labute approximate surface area is 78.3 Å². The first-order valence-electron chi connectivity index (χ1n) is 4.32. The SMILES string of the molecule is C=CC(=O)c1ccc(C)nc1CC. The van der Waals surface area contributed by atoms with E-state index >= 15 is 0 Å². The van der Waals surface area contributed by atoms with Crippen LogP contribution in [0.1, 0.15) is 28.7 Å². The molecule has 0 N–H and O–H groups in total. The van der Waals surface area contributed by atoms with E-state index < -0.39 is 0 Å². The van der Waals surface area contributed by atoms with Crippen molar-refractivity contribution in [3.63, 3.8) is 0 Å². The van der Waals surface area contributed by atoms with Gasteiger partial charge < -0.3 is 0 Å². The lowest BCUT2D eigenvalue weighted by molar-refractivity contribution is 0.104. The smallest absolute Gasteiger partial charge is 0.187 e. The van der Waals surface area contributed by atoms with Crippen molar-refractivity contribution in [3.05, 3.63) is 41.7 Å². The van der Waals surface area contributed by atoms with E-state index in [1.54, 1.807) is 0 Å². The summed E-state index contributed by atoms with van der Waals surface area (Å²) in [7, 11) is 0. The highest BCUT2D eigenvalue weighted by Gasteiger charge is 2.07. The first-order chi connectivity index (χ1) is 6.19. The molecule has 0 saturated carbocycles. The largest absolute Gasteiger partial charge is 0.289 e. The van der Waals surface area contributed by atoms with Gasteiger partial charge in [0.1, 0.15) is 0 Å². The highest BCUT2D eigenvalue weighted by atomic mass is 16.1. The average Bonchev–Trinajstić information content (AvgIpc) is 2.16. The minimum atomic E-state index is -0.0515. The Balaban J connectivity index is 3.20. The molecule has 0 amide bonds. The van der Waals surface area contributed by atoms with Crippen LogP contribution in [0.3, 0.4) is 0 Å². The fraction of sp³-hybridized carbons (Fsp3) is 0.273. The van der Waals surface area contributed by atoms with E-state index in [0.717, 1.165) is 17.8 Å². The van der Waals surface area contributed by atoms with Crippen molar-refractivity contribution in [3.8, 4) is 0 Å². The first-order valence-corrected chi connectivity index (χ1v) is 4.32. The second kappa shape index (κ2) is 3.99. The van der Waals surface area contributed by atoms with E-state index in [0.29, 0.717) is 5.56 Å². The van der Waals surface area contributed by atoms with Crippen LogP contribution in [0.25, 0.3) is 0 Å². The third-order valence-electron chi connectivity index (χ3n) is 1.90. The molecule has 0 aliphatic heterocycles. The molecule has 68 valence electrons. The third-order valence-corrected chi connectivity index (χ3v) is 1.90. The number of ketones is 1. The summed E-state index contributed by atoms with van der Waals surface area (Å²) in [5.74, 6) is -0.0515. The van der Waals surface area contributed by atoms with Crippen LogP contribution < -0.4 is 0 Å². The normalized spacial score (nSPS) is 9.69. The van der Waals surface area contributed by atoms with Gasteiger partial charge in [0.25, 0.3) is 0 Å². The topological polar surface area (TPSA) is 30.0 Å². The molecular weight excluding hydrogens is 162 g/mol. The number of aromatic nitrogens is 1. The van der Waals surface area contributed by atoms with Gasteiger partial charge in [-0.05, 0) is 31.6 Å². The van der Waals surface area contributed by atoms with E-state index in [-0.39, 0.29) is 5.78 Å². The van der Waals surface area contributed by atoms with E-state index in [2.05, 4.69) is 11.6 Å². The number of carbonyl (C=O) groups excluding carboxylic acids is 1. The molecule has 1 aromatic rings. The minimum absolute atomic E-state index is 0.0515. The molecule has 0 radical (unpaired) electrons. The molecule has 0 unspecified atom stereocenters. The van der Waals surface area contributed by atoms with Crippen LogP contribution in [0, 0.1) is 6.92 Å². The number of hydrogen-bond acceptors (Lipinski definition) is 2. The molecular formula is C11H13NO. The lowest BCUT2D eigenvalue weighted by Crippen LogP contribution is -2.03. The van der Waals surface area contributed by atoms with Gasteiger partial charge in [0.05, 0.1) is 5.69 Å². The second-order valence-corrected chi connectivity index (χ2v) is 2.87. The first kappa shape index (κ1) is 9.65. The Morgan fingerprint density at radius 1 is 1.62 bits per heavy atom. The van der Waals surface area contributed by atoms with Crippen molar-refractivity contribution in [1.82, 2.24) is 4.98 Å². The highest BCUT2D eigenvalue weighted by Crippen LogP contribution is 2.09. The van der Waals surface area contributed by atoms with Crippen molar-refractivity contribution in [2.45, 2.75) is 20.3 Å². The minimum Gasteiger partial charge on any atom is -0.289 e. The van der Waals surface area contributed by atoms with E-state index in [4.69, 9.17) is 0 Å². The Kier molecular flexibility index (Phi) is 2.96. The van der Waals surface area contributed by atoms with E-state index in [1.807, 2.05) is 26.0 Å². The van der Waals surface area contributed by atoms with Gasteiger partial charge in [0.15, 0.2) is 5.78 Å². The molecule has 0 aromatic carbocycles. The maximum Gasteiger partial charge on any atom is 0.187 e. The molecule has 0 aliphatic rings. The zero-order valence-electron chi connectivity index (χ0n) is 8.00. The predicted molar refractivity (Wildman–Crippen MR) is 52.9 cm³/mol. The predicted octanol–water partition coefficient (Wildman–Crippen LogP) is 2.32. The maximum absolute atomic E-state index is 11.3. The molecule has 0 atom stereocenters. The molecule has 1 heterocycles. The third kappa shape index (κ3) is 2.02. The average molecular weight is 175 g/mol. The summed E-state index contributed by atoms with van der Waals surface area (Å²) in [6.07, 6.45) is 2.10. The molecule has 2 nitrogen and oxygen atoms in total. The number of nitrogens with zero attached hydrogens (tertiary/aromatic N) is 1. The lowest BCUT2D eigenvalue weighted by Gasteiger charge is -2.03. The van der Waals surface area contributed by atoms with Gasteiger partial charge in [-0.3, -0.25) is 9.78 Å². The highest BCUT2D eigenvalue weighted by molar-refractivity contribution is 6.04. The van der Waals surface area contributed by atoms with Gasteiger partial charge in [-0.1, -0.05) is 13.5 Å². The number of allylic oxidation sites excluding steroid dienone is 1. The van der Waals surface area contributed by atoms with Crippen molar-refractivity contribution >= 4 is 5.78 Å². The van der Waals surface area contributed by atoms with Crippen LogP contribution in [0.15, 0.2) is 24.8 Å². The Morgan fingerprint density at radius 3 is 2.85 bits per heavy atom. The van der Waals surface area contributed by atoms with E-state index in [1.165, 1.54) is 6.08 Å². The van der Waals surface area contributed by atoms with Crippen molar-refractivity contribution in [1.29, 1.82) is 0 Å². The van der Waals surface area contributed by atoms with Gasteiger partial charge in [-0.25, -0.2) is 0 Å². The quantitative estimate of drug-likeness (QED) is 0.521. The summed E-state index contributed by atoms with van der Waals surface area (Å²) in [6.45, 7) is 7.36. The number of hydrogen-bond donors (Lipinski definition) is 0. The lowest BCUT2D eigenvalue weighted by atomic mass is 10.1. The number of rotatable bonds is 3. The summed E-state index contributed by atoms with van der Waals surface area (Å²) in [4.78, 5) is 15.6. The maximum atomic E-state index is 11.3. The summed E-state index contributed by atoms with van der Waals surface area (Å²) >= 11 is 0. The Hall–Kier alpha value is -1.44. The molecule has 0 fully saturated rings. The monoisotopic (exact) mass is 175 g/mol. The van der Waals surface area contributed by atoms with Gasteiger partial charge in [0.2, 0.25) is 0 Å². The van der Waals surface area contributed by atoms with Gasteiger partial charge in [-0.15, -0.1) is 0 Å². The fourth-order valence-electron chi connectivity index (χ4n) is 1.21.